The smallest absolute Gasteiger partial charge is 0.293 e. The first kappa shape index (κ1) is 31.7. The number of fused-ring (bicyclic) bond motifs is 1. The third kappa shape index (κ3) is 8.47. The number of ether oxygens (including phenoxy) is 1. The summed E-state index contributed by atoms with van der Waals surface area (Å²) in [5.41, 5.74) is 3.44. The zero-order valence-electron chi connectivity index (χ0n) is 25.2. The Morgan fingerprint density at radius 2 is 1.74 bits per heavy atom. The summed E-state index contributed by atoms with van der Waals surface area (Å²) >= 11 is 0. The third-order valence-corrected chi connectivity index (χ3v) is 6.39. The molecule has 214 valence electrons. The van der Waals surface area contributed by atoms with Gasteiger partial charge in [0.15, 0.2) is 12.4 Å². The molecule has 0 radical (unpaired) electrons. The number of carbonyl (C=O) groups excluding carboxylic acids is 1. The summed E-state index contributed by atoms with van der Waals surface area (Å²) in [6.45, 7) is 16.7. The van der Waals surface area contributed by atoms with Gasteiger partial charge < -0.3 is 24.8 Å². The van der Waals surface area contributed by atoms with Gasteiger partial charge in [0.05, 0.1) is 5.52 Å². The molecule has 8 nitrogen and oxygen atoms in total. The molecule has 0 spiro atoms. The molecule has 3 aromatic rings. The van der Waals surface area contributed by atoms with E-state index in [-0.39, 0.29) is 23.8 Å². The molecule has 39 heavy (non-hydrogen) atoms. The molecular weight excluding hydrogens is 490 g/mol. The lowest BCUT2D eigenvalue weighted by Crippen LogP contribution is -2.39. The van der Waals surface area contributed by atoms with Gasteiger partial charge in [0.2, 0.25) is 0 Å². The van der Waals surface area contributed by atoms with Gasteiger partial charge in [0, 0.05) is 56.2 Å². The van der Waals surface area contributed by atoms with Gasteiger partial charge >= 0.3 is 0 Å². The number of piperidine rings is 1. The molecule has 1 saturated heterocycles. The highest BCUT2D eigenvalue weighted by atomic mass is 16.5. The van der Waals surface area contributed by atoms with Crippen molar-refractivity contribution in [2.45, 2.75) is 61.3 Å². The lowest BCUT2D eigenvalue weighted by Gasteiger charge is -2.36. The van der Waals surface area contributed by atoms with E-state index in [2.05, 4.69) is 49.3 Å². The van der Waals surface area contributed by atoms with Gasteiger partial charge in [-0.1, -0.05) is 48.0 Å². The van der Waals surface area contributed by atoms with Crippen molar-refractivity contribution in [2.24, 2.45) is 18.9 Å². The van der Waals surface area contributed by atoms with Gasteiger partial charge in [0.25, 0.3) is 11.5 Å². The fourth-order valence-corrected chi connectivity index (χ4v) is 4.68. The van der Waals surface area contributed by atoms with Crippen molar-refractivity contribution < 1.29 is 9.53 Å². The number of hydrogen-bond donors (Lipinski definition) is 2. The molecule has 1 aliphatic heterocycles. The number of anilines is 3. The van der Waals surface area contributed by atoms with E-state index >= 15 is 0 Å². The Morgan fingerprint density at radius 3 is 2.36 bits per heavy atom. The van der Waals surface area contributed by atoms with Crippen LogP contribution in [0.15, 0.2) is 41.3 Å². The minimum absolute atomic E-state index is 0.145. The summed E-state index contributed by atoms with van der Waals surface area (Å²) in [5, 5.41) is 6.85. The fourth-order valence-electron chi connectivity index (χ4n) is 4.68. The topological polar surface area (TPSA) is 88.5 Å². The predicted octanol–water partition coefficient (Wildman–Crippen LogP) is 6.04. The average Bonchev–Trinajstić information content (AvgIpc) is 2.92. The number of hydrogen-bond acceptors (Lipinski definition) is 6. The summed E-state index contributed by atoms with van der Waals surface area (Å²) in [7, 11) is 3.23. The number of aryl methyl sites for hydroxylation is 2. The standard InChI is InChI=1S/C26H33N5O3.C3H8.C2H6/c1-16-8-17(2)14-31(13-16)24-11-21(18(3)12-28-24)29-20-6-7-22-19(9-20)10-23(26(33)30(22)5)34-15-25(32)27-4;1-3-2;1-2/h6-7,9-12,16-17H,8,13-15H2,1-5H3,(H,27,32)(H,28,29);3H2,1-2H3;1-2H3. The molecule has 2 atom stereocenters. The van der Waals surface area contributed by atoms with Gasteiger partial charge in [-0.3, -0.25) is 9.59 Å². The van der Waals surface area contributed by atoms with Crippen molar-refractivity contribution in [3.05, 3.63) is 52.4 Å². The molecule has 1 fully saturated rings. The van der Waals surface area contributed by atoms with Crippen LogP contribution in [-0.2, 0) is 11.8 Å². The number of nitrogens with one attached hydrogen (secondary N) is 2. The average molecular weight is 538 g/mol. The Hall–Kier alpha value is -3.55. The van der Waals surface area contributed by atoms with Crippen molar-refractivity contribution in [2.75, 3.05) is 37.0 Å². The minimum Gasteiger partial charge on any atom is -0.478 e. The quantitative estimate of drug-likeness (QED) is 0.399. The van der Waals surface area contributed by atoms with Gasteiger partial charge in [-0.15, -0.1) is 0 Å². The number of benzene rings is 1. The SMILES string of the molecule is CC.CCC.CNC(=O)COc1cc2cc(Nc3cc(N4CC(C)CC(C)C4)ncc3C)ccc2n(C)c1=O. The van der Waals surface area contributed by atoms with E-state index in [1.165, 1.54) is 24.5 Å². The van der Waals surface area contributed by atoms with Crippen LogP contribution in [-0.4, -0.2) is 42.2 Å². The molecule has 1 aromatic carbocycles. The summed E-state index contributed by atoms with van der Waals surface area (Å²) in [6, 6.07) is 9.65. The van der Waals surface area contributed by atoms with E-state index in [0.717, 1.165) is 46.7 Å². The van der Waals surface area contributed by atoms with Crippen LogP contribution in [0.25, 0.3) is 10.9 Å². The van der Waals surface area contributed by atoms with E-state index in [1.807, 2.05) is 45.2 Å². The molecule has 0 bridgehead atoms. The second-order valence-electron chi connectivity index (χ2n) is 10.1. The van der Waals surface area contributed by atoms with Crippen LogP contribution in [0.2, 0.25) is 0 Å². The largest absolute Gasteiger partial charge is 0.478 e. The van der Waals surface area contributed by atoms with Crippen molar-refractivity contribution in [3.63, 3.8) is 0 Å². The number of nitrogens with zero attached hydrogens (tertiary/aromatic N) is 3. The molecule has 8 heteroatoms. The first-order valence-electron chi connectivity index (χ1n) is 14.1. The van der Waals surface area contributed by atoms with E-state index in [1.54, 1.807) is 13.1 Å². The zero-order chi connectivity index (χ0) is 29.1. The number of amides is 1. The molecule has 2 aromatic heterocycles. The summed E-state index contributed by atoms with van der Waals surface area (Å²) < 4.78 is 7.01. The maximum atomic E-state index is 12.6. The minimum atomic E-state index is -0.293. The molecule has 2 N–H and O–H groups in total. The number of rotatable bonds is 6. The second-order valence-corrected chi connectivity index (χ2v) is 10.1. The molecular formula is C31H47N5O3. The normalized spacial score (nSPS) is 16.4. The molecule has 1 aliphatic rings. The van der Waals surface area contributed by atoms with Crippen LogP contribution in [0, 0.1) is 18.8 Å². The van der Waals surface area contributed by atoms with E-state index in [0.29, 0.717) is 11.8 Å². The summed E-state index contributed by atoms with van der Waals surface area (Å²) in [6.07, 6.45) is 4.42. The van der Waals surface area contributed by atoms with Gasteiger partial charge in [-0.25, -0.2) is 4.98 Å². The third-order valence-electron chi connectivity index (χ3n) is 6.39. The van der Waals surface area contributed by atoms with Crippen LogP contribution in [0.3, 0.4) is 0 Å². The van der Waals surface area contributed by atoms with Crippen LogP contribution in [0.5, 0.6) is 5.75 Å². The van der Waals surface area contributed by atoms with Gasteiger partial charge in [-0.05, 0) is 55.0 Å². The first-order chi connectivity index (χ1) is 18.7. The first-order valence-corrected chi connectivity index (χ1v) is 14.1. The summed E-state index contributed by atoms with van der Waals surface area (Å²) in [5.74, 6) is 2.13. The van der Waals surface area contributed by atoms with E-state index in [9.17, 15) is 9.59 Å². The highest BCUT2D eigenvalue weighted by Crippen LogP contribution is 2.30. The van der Waals surface area contributed by atoms with Crippen LogP contribution < -0.4 is 25.8 Å². The van der Waals surface area contributed by atoms with Crippen molar-refractivity contribution in [1.29, 1.82) is 0 Å². The summed E-state index contributed by atoms with van der Waals surface area (Å²) in [4.78, 5) is 31.2. The Bertz CT molecular complexity index is 1280. The second kappa shape index (κ2) is 15.1. The van der Waals surface area contributed by atoms with Crippen LogP contribution >= 0.6 is 0 Å². The monoisotopic (exact) mass is 537 g/mol. The van der Waals surface area contributed by atoms with Crippen molar-refractivity contribution in [1.82, 2.24) is 14.9 Å². The van der Waals surface area contributed by atoms with Gasteiger partial charge in [0.1, 0.15) is 5.82 Å². The number of aromatic nitrogens is 2. The Balaban J connectivity index is 0.000000998. The Kier molecular flexibility index (Phi) is 12.3. The predicted molar refractivity (Wildman–Crippen MR) is 163 cm³/mol. The lowest BCUT2D eigenvalue weighted by atomic mass is 9.92. The molecule has 1 amide bonds. The highest BCUT2D eigenvalue weighted by molar-refractivity contribution is 5.85. The number of likely N-dealkylation sites (N-methyl/N-ethyl adjacent to an activating group) is 1. The Morgan fingerprint density at radius 1 is 1.10 bits per heavy atom. The molecule has 0 aliphatic carbocycles. The maximum Gasteiger partial charge on any atom is 0.293 e. The van der Waals surface area contributed by atoms with E-state index in [4.69, 9.17) is 9.72 Å². The molecule has 3 heterocycles. The fraction of sp³-hybridized carbons (Fsp3) is 0.516. The number of carbonyl (C=O) groups is 1. The van der Waals surface area contributed by atoms with Crippen LogP contribution in [0.1, 0.15) is 59.9 Å². The zero-order valence-corrected chi connectivity index (χ0v) is 25.2. The lowest BCUT2D eigenvalue weighted by molar-refractivity contribution is -0.122. The number of pyridine rings is 2. The molecule has 0 saturated carbocycles. The molecule has 4 rings (SSSR count). The van der Waals surface area contributed by atoms with Crippen LogP contribution in [0.4, 0.5) is 17.2 Å². The van der Waals surface area contributed by atoms with Crippen molar-refractivity contribution in [3.8, 4) is 5.75 Å². The molecule has 2 unspecified atom stereocenters. The maximum absolute atomic E-state index is 12.6. The van der Waals surface area contributed by atoms with Crippen molar-refractivity contribution >= 4 is 34.0 Å². The highest BCUT2D eigenvalue weighted by Gasteiger charge is 2.23. The van der Waals surface area contributed by atoms with E-state index < -0.39 is 0 Å². The Labute approximate surface area is 233 Å². The van der Waals surface area contributed by atoms with Gasteiger partial charge in [-0.2, -0.15) is 0 Å².